The first kappa shape index (κ1) is 13.9. The standard InChI is InChI=1S/C14H12BrNO5/c1-7-12(10-6-9(14(17)18)16-21-10)8(15)5-11-13(7)20-4-2-3-19-11/h5-6H,2-4H2,1H3,(H,17,18). The number of fused-ring (bicyclic) bond motifs is 1. The summed E-state index contributed by atoms with van der Waals surface area (Å²) in [5.74, 6) is 0.554. The SMILES string of the molecule is Cc1c2c(cc(Br)c1-c1cc(C(=O)O)no1)OCCCO2. The van der Waals surface area contributed by atoms with E-state index in [0.29, 0.717) is 36.0 Å². The number of carbonyl (C=O) groups is 1. The Hall–Kier alpha value is -2.02. The number of aromatic nitrogens is 1. The van der Waals surface area contributed by atoms with Crippen molar-refractivity contribution < 1.29 is 23.9 Å². The lowest BCUT2D eigenvalue weighted by molar-refractivity contribution is 0.0686. The molecule has 0 bridgehead atoms. The van der Waals surface area contributed by atoms with Gasteiger partial charge in [-0.3, -0.25) is 0 Å². The number of halogens is 1. The van der Waals surface area contributed by atoms with E-state index >= 15 is 0 Å². The summed E-state index contributed by atoms with van der Waals surface area (Å²) in [5, 5.41) is 12.5. The van der Waals surface area contributed by atoms with Gasteiger partial charge in [-0.1, -0.05) is 5.16 Å². The molecular weight excluding hydrogens is 342 g/mol. The maximum absolute atomic E-state index is 10.9. The van der Waals surface area contributed by atoms with E-state index in [1.807, 2.05) is 6.92 Å². The molecule has 3 rings (SSSR count). The minimum atomic E-state index is -1.13. The molecule has 6 nitrogen and oxygen atoms in total. The van der Waals surface area contributed by atoms with Gasteiger partial charge < -0.3 is 19.1 Å². The maximum Gasteiger partial charge on any atom is 0.358 e. The molecule has 1 aliphatic heterocycles. The van der Waals surface area contributed by atoms with Crippen LogP contribution in [-0.4, -0.2) is 29.4 Å². The fraction of sp³-hybridized carbons (Fsp3) is 0.286. The molecule has 7 heteroatoms. The van der Waals surface area contributed by atoms with Crippen LogP contribution in [0.5, 0.6) is 11.5 Å². The highest BCUT2D eigenvalue weighted by Gasteiger charge is 2.23. The minimum Gasteiger partial charge on any atom is -0.490 e. The summed E-state index contributed by atoms with van der Waals surface area (Å²) in [6.45, 7) is 3.05. The zero-order valence-corrected chi connectivity index (χ0v) is 12.8. The number of aromatic carboxylic acids is 1. The Labute approximate surface area is 128 Å². The van der Waals surface area contributed by atoms with Crippen molar-refractivity contribution >= 4 is 21.9 Å². The lowest BCUT2D eigenvalue weighted by Gasteiger charge is -2.14. The predicted molar refractivity (Wildman–Crippen MR) is 76.9 cm³/mol. The summed E-state index contributed by atoms with van der Waals surface area (Å²) < 4.78 is 17.2. The number of ether oxygens (including phenoxy) is 2. The highest BCUT2D eigenvalue weighted by molar-refractivity contribution is 9.10. The van der Waals surface area contributed by atoms with Crippen LogP contribution in [0.3, 0.4) is 0 Å². The van der Waals surface area contributed by atoms with Gasteiger partial charge >= 0.3 is 5.97 Å². The Morgan fingerprint density at radius 2 is 2.10 bits per heavy atom. The van der Waals surface area contributed by atoms with Crippen LogP contribution >= 0.6 is 15.9 Å². The van der Waals surface area contributed by atoms with E-state index in [9.17, 15) is 4.79 Å². The van der Waals surface area contributed by atoms with Gasteiger partial charge in [-0.15, -0.1) is 0 Å². The average Bonchev–Trinajstić information content (AvgIpc) is 2.79. The molecular formula is C14H12BrNO5. The van der Waals surface area contributed by atoms with E-state index in [1.165, 1.54) is 6.07 Å². The normalized spacial score (nSPS) is 13.8. The number of benzene rings is 1. The zero-order chi connectivity index (χ0) is 15.0. The number of hydrogen-bond acceptors (Lipinski definition) is 5. The van der Waals surface area contributed by atoms with Gasteiger partial charge in [-0.05, 0) is 28.9 Å². The van der Waals surface area contributed by atoms with Crippen molar-refractivity contribution in [3.63, 3.8) is 0 Å². The topological polar surface area (TPSA) is 81.8 Å². The fourth-order valence-corrected chi connectivity index (χ4v) is 2.93. The summed E-state index contributed by atoms with van der Waals surface area (Å²) in [4.78, 5) is 10.9. The summed E-state index contributed by atoms with van der Waals surface area (Å²) in [7, 11) is 0. The molecule has 0 fully saturated rings. The van der Waals surface area contributed by atoms with Crippen molar-refractivity contribution in [1.29, 1.82) is 0 Å². The molecule has 0 aliphatic carbocycles. The average molecular weight is 354 g/mol. The van der Waals surface area contributed by atoms with Crippen molar-refractivity contribution in [2.75, 3.05) is 13.2 Å². The molecule has 0 spiro atoms. The van der Waals surface area contributed by atoms with Crippen molar-refractivity contribution in [2.24, 2.45) is 0 Å². The number of carboxylic acids is 1. The van der Waals surface area contributed by atoms with Gasteiger partial charge in [-0.2, -0.15) is 0 Å². The van der Waals surface area contributed by atoms with E-state index in [-0.39, 0.29) is 5.69 Å². The summed E-state index contributed by atoms with van der Waals surface area (Å²) in [6, 6.07) is 3.19. The first-order chi connectivity index (χ1) is 10.1. The third-order valence-electron chi connectivity index (χ3n) is 3.20. The number of hydrogen-bond donors (Lipinski definition) is 1. The van der Waals surface area contributed by atoms with Crippen LogP contribution in [0.2, 0.25) is 0 Å². The third-order valence-corrected chi connectivity index (χ3v) is 3.83. The second kappa shape index (κ2) is 5.40. The molecule has 0 saturated heterocycles. The first-order valence-electron chi connectivity index (χ1n) is 6.37. The van der Waals surface area contributed by atoms with Crippen LogP contribution in [0.15, 0.2) is 21.1 Å². The van der Waals surface area contributed by atoms with Gasteiger partial charge in [0.2, 0.25) is 0 Å². The van der Waals surface area contributed by atoms with Gasteiger partial charge in [-0.25, -0.2) is 4.79 Å². The smallest absolute Gasteiger partial charge is 0.358 e. The van der Waals surface area contributed by atoms with E-state index in [1.54, 1.807) is 6.07 Å². The van der Waals surface area contributed by atoms with Crippen LogP contribution in [0.25, 0.3) is 11.3 Å². The summed E-state index contributed by atoms with van der Waals surface area (Å²) >= 11 is 3.46. The molecule has 0 amide bonds. The summed E-state index contributed by atoms with van der Waals surface area (Å²) in [6.07, 6.45) is 0.812. The number of nitrogens with zero attached hydrogens (tertiary/aromatic N) is 1. The Balaban J connectivity index is 2.13. The summed E-state index contributed by atoms with van der Waals surface area (Å²) in [5.41, 5.74) is 1.39. The second-order valence-electron chi connectivity index (χ2n) is 4.62. The monoisotopic (exact) mass is 353 g/mol. The molecule has 1 N–H and O–H groups in total. The van der Waals surface area contributed by atoms with E-state index in [4.69, 9.17) is 19.1 Å². The molecule has 0 saturated carbocycles. The molecule has 110 valence electrons. The first-order valence-corrected chi connectivity index (χ1v) is 7.16. The quantitative estimate of drug-likeness (QED) is 0.891. The molecule has 1 aliphatic rings. The largest absolute Gasteiger partial charge is 0.490 e. The molecule has 1 aromatic heterocycles. The van der Waals surface area contributed by atoms with Crippen LogP contribution in [-0.2, 0) is 0 Å². The molecule has 0 unspecified atom stereocenters. The van der Waals surface area contributed by atoms with Gasteiger partial charge in [0.05, 0.1) is 13.2 Å². The Bertz CT molecular complexity index is 710. The van der Waals surface area contributed by atoms with Gasteiger partial charge in [0.25, 0.3) is 0 Å². The molecule has 0 atom stereocenters. The maximum atomic E-state index is 10.9. The Morgan fingerprint density at radius 3 is 2.81 bits per heavy atom. The van der Waals surface area contributed by atoms with Gasteiger partial charge in [0, 0.05) is 28.1 Å². The van der Waals surface area contributed by atoms with Crippen molar-refractivity contribution in [3.05, 3.63) is 27.9 Å². The zero-order valence-electron chi connectivity index (χ0n) is 11.2. The van der Waals surface area contributed by atoms with E-state index in [2.05, 4.69) is 21.1 Å². The molecule has 2 aromatic rings. The number of carboxylic acid groups (broad SMARTS) is 1. The second-order valence-corrected chi connectivity index (χ2v) is 5.47. The number of rotatable bonds is 2. The van der Waals surface area contributed by atoms with Crippen LogP contribution < -0.4 is 9.47 Å². The van der Waals surface area contributed by atoms with Gasteiger partial charge in [0.15, 0.2) is 23.0 Å². The van der Waals surface area contributed by atoms with Crippen LogP contribution in [0.4, 0.5) is 0 Å². The lowest BCUT2D eigenvalue weighted by Crippen LogP contribution is -1.98. The Kier molecular flexibility index (Phi) is 3.59. The third kappa shape index (κ3) is 2.49. The lowest BCUT2D eigenvalue weighted by atomic mass is 10.0. The van der Waals surface area contributed by atoms with Gasteiger partial charge in [0.1, 0.15) is 0 Å². The fourth-order valence-electron chi connectivity index (χ4n) is 2.23. The van der Waals surface area contributed by atoms with Crippen molar-refractivity contribution in [2.45, 2.75) is 13.3 Å². The molecule has 2 heterocycles. The Morgan fingerprint density at radius 1 is 1.33 bits per heavy atom. The van der Waals surface area contributed by atoms with E-state index in [0.717, 1.165) is 16.5 Å². The van der Waals surface area contributed by atoms with E-state index < -0.39 is 5.97 Å². The highest BCUT2D eigenvalue weighted by atomic mass is 79.9. The minimum absolute atomic E-state index is 0.136. The highest BCUT2D eigenvalue weighted by Crippen LogP contribution is 2.43. The predicted octanol–water partition coefficient (Wildman–Crippen LogP) is 3.27. The molecule has 1 aromatic carbocycles. The molecule has 21 heavy (non-hydrogen) atoms. The van der Waals surface area contributed by atoms with Crippen molar-refractivity contribution in [3.8, 4) is 22.8 Å². The van der Waals surface area contributed by atoms with Crippen LogP contribution in [0, 0.1) is 6.92 Å². The van der Waals surface area contributed by atoms with Crippen LogP contribution in [0.1, 0.15) is 22.5 Å². The molecule has 0 radical (unpaired) electrons. The van der Waals surface area contributed by atoms with Crippen molar-refractivity contribution in [1.82, 2.24) is 5.16 Å².